The second-order valence-electron chi connectivity index (χ2n) is 8.25. The minimum absolute atomic E-state index is 0.0427. The highest BCUT2D eigenvalue weighted by molar-refractivity contribution is 5.91. The van der Waals surface area contributed by atoms with E-state index in [0.29, 0.717) is 6.42 Å². The topological polar surface area (TPSA) is 26.3 Å². The molecule has 0 aliphatic carbocycles. The molecule has 0 bridgehead atoms. The van der Waals surface area contributed by atoms with Crippen LogP contribution in [0.4, 0.5) is 0 Å². The summed E-state index contributed by atoms with van der Waals surface area (Å²) in [5, 5.41) is 0. The maximum Gasteiger partial charge on any atom is 0.163 e. The van der Waals surface area contributed by atoms with Gasteiger partial charge in [0.25, 0.3) is 0 Å². The summed E-state index contributed by atoms with van der Waals surface area (Å²) in [6.45, 7) is 4.14. The highest BCUT2D eigenvalue weighted by atomic mass is 16.5. The lowest BCUT2D eigenvalue weighted by Gasteiger charge is -2.19. The van der Waals surface area contributed by atoms with Gasteiger partial charge in [-0.2, -0.15) is 0 Å². The third kappa shape index (κ3) is 14.7. The molecule has 0 amide bonds. The molecule has 0 saturated carbocycles. The van der Waals surface area contributed by atoms with Gasteiger partial charge in [0.05, 0.1) is 12.2 Å². The molecule has 1 rings (SSSR count). The summed E-state index contributed by atoms with van der Waals surface area (Å²) < 4.78 is 5.64. The number of hydrogen-bond donors (Lipinski definition) is 0. The maximum atomic E-state index is 11.5. The van der Waals surface area contributed by atoms with Crippen molar-refractivity contribution in [3.05, 3.63) is 24.0 Å². The Morgan fingerprint density at radius 2 is 1.33 bits per heavy atom. The van der Waals surface area contributed by atoms with Crippen LogP contribution in [0.5, 0.6) is 0 Å². The zero-order valence-electron chi connectivity index (χ0n) is 18.1. The Kier molecular flexibility index (Phi) is 15.2. The number of carbonyl (C=O) groups is 1. The number of carbonyl (C=O) groups excluding carboxylic acids is 1. The smallest absolute Gasteiger partial charge is 0.163 e. The van der Waals surface area contributed by atoms with Gasteiger partial charge in [-0.05, 0) is 25.8 Å². The number of hydrogen-bond acceptors (Lipinski definition) is 2. The molecule has 0 aromatic heterocycles. The van der Waals surface area contributed by atoms with Crippen molar-refractivity contribution in [1.82, 2.24) is 0 Å². The minimum Gasteiger partial charge on any atom is -0.490 e. The lowest BCUT2D eigenvalue weighted by molar-refractivity contribution is -0.117. The van der Waals surface area contributed by atoms with Crippen molar-refractivity contribution < 1.29 is 9.53 Å². The van der Waals surface area contributed by atoms with E-state index < -0.39 is 0 Å². The van der Waals surface area contributed by atoms with Crippen LogP contribution in [0.2, 0.25) is 0 Å². The fourth-order valence-corrected chi connectivity index (χ4v) is 3.79. The Morgan fingerprint density at radius 3 is 1.81 bits per heavy atom. The molecule has 27 heavy (non-hydrogen) atoms. The molecular weight excluding hydrogens is 332 g/mol. The minimum atomic E-state index is -0.0427. The van der Waals surface area contributed by atoms with Crippen molar-refractivity contribution in [2.45, 2.75) is 129 Å². The van der Waals surface area contributed by atoms with Gasteiger partial charge >= 0.3 is 0 Å². The predicted molar refractivity (Wildman–Crippen MR) is 117 cm³/mol. The van der Waals surface area contributed by atoms with Gasteiger partial charge in [0.2, 0.25) is 0 Å². The monoisotopic (exact) mass is 376 g/mol. The third-order valence-corrected chi connectivity index (χ3v) is 5.43. The van der Waals surface area contributed by atoms with Crippen LogP contribution in [0.25, 0.3) is 0 Å². The molecular formula is C25H44O2. The molecule has 1 aliphatic heterocycles. The molecule has 0 N–H and O–H groups in total. The van der Waals surface area contributed by atoms with Crippen LogP contribution in [0.1, 0.15) is 123 Å². The third-order valence-electron chi connectivity index (χ3n) is 5.43. The van der Waals surface area contributed by atoms with Crippen LogP contribution in [0.3, 0.4) is 0 Å². The predicted octanol–water partition coefficient (Wildman–Crippen LogP) is 8.07. The van der Waals surface area contributed by atoms with Crippen LogP contribution in [0.15, 0.2) is 24.0 Å². The number of allylic oxidation sites excluding steroid dienone is 3. The van der Waals surface area contributed by atoms with Gasteiger partial charge in [0, 0.05) is 6.08 Å². The van der Waals surface area contributed by atoms with Crippen molar-refractivity contribution in [3.8, 4) is 0 Å². The molecule has 156 valence electrons. The van der Waals surface area contributed by atoms with E-state index in [1.54, 1.807) is 6.08 Å². The zero-order chi connectivity index (χ0) is 19.6. The van der Waals surface area contributed by atoms with E-state index in [9.17, 15) is 4.79 Å². The van der Waals surface area contributed by atoms with E-state index in [1.807, 2.05) is 6.92 Å². The molecule has 0 aromatic carbocycles. The first kappa shape index (κ1) is 24.0. The summed E-state index contributed by atoms with van der Waals surface area (Å²) in [6.07, 6.45) is 28.5. The zero-order valence-corrected chi connectivity index (χ0v) is 18.1. The largest absolute Gasteiger partial charge is 0.490 e. The van der Waals surface area contributed by atoms with Gasteiger partial charge in [-0.15, -0.1) is 0 Å². The highest BCUT2D eigenvalue weighted by Gasteiger charge is 2.16. The number of ether oxygens (including phenoxy) is 1. The Labute approximate surface area is 168 Å². The van der Waals surface area contributed by atoms with E-state index >= 15 is 0 Å². The maximum absolute atomic E-state index is 11.5. The summed E-state index contributed by atoms with van der Waals surface area (Å²) in [4.78, 5) is 11.5. The van der Waals surface area contributed by atoms with Gasteiger partial charge in [-0.1, -0.05) is 103 Å². The Bertz CT molecular complexity index is 422. The molecule has 1 atom stereocenters. The summed E-state index contributed by atoms with van der Waals surface area (Å²) >= 11 is 0. The Morgan fingerprint density at radius 1 is 0.852 bits per heavy atom. The van der Waals surface area contributed by atoms with Crippen LogP contribution in [-0.4, -0.2) is 11.9 Å². The van der Waals surface area contributed by atoms with Crippen molar-refractivity contribution in [2.75, 3.05) is 0 Å². The van der Waals surface area contributed by atoms with Crippen molar-refractivity contribution >= 4 is 5.78 Å². The number of ketones is 1. The van der Waals surface area contributed by atoms with E-state index in [4.69, 9.17) is 4.74 Å². The van der Waals surface area contributed by atoms with Crippen LogP contribution in [-0.2, 0) is 9.53 Å². The molecule has 0 radical (unpaired) electrons. The highest BCUT2D eigenvalue weighted by Crippen LogP contribution is 2.16. The Balaban J connectivity index is 1.79. The molecule has 0 spiro atoms. The van der Waals surface area contributed by atoms with Crippen LogP contribution < -0.4 is 0 Å². The number of rotatable bonds is 17. The summed E-state index contributed by atoms with van der Waals surface area (Å²) in [7, 11) is 0. The molecule has 0 fully saturated rings. The second kappa shape index (κ2) is 17.1. The number of unbranched alkanes of at least 4 members (excludes halogenated alkanes) is 15. The first-order chi connectivity index (χ1) is 13.2. The molecule has 0 saturated heterocycles. The lowest BCUT2D eigenvalue weighted by atomic mass is 10.0. The van der Waals surface area contributed by atoms with Gasteiger partial charge in [0.1, 0.15) is 6.10 Å². The summed E-state index contributed by atoms with van der Waals surface area (Å²) in [5.41, 5.74) is 0. The molecule has 1 heterocycles. The molecule has 1 aliphatic rings. The quantitative estimate of drug-likeness (QED) is 0.189. The summed E-state index contributed by atoms with van der Waals surface area (Å²) in [6, 6.07) is 0. The first-order valence-electron chi connectivity index (χ1n) is 11.8. The van der Waals surface area contributed by atoms with Gasteiger partial charge in [-0.25, -0.2) is 0 Å². The van der Waals surface area contributed by atoms with E-state index in [0.717, 1.165) is 12.2 Å². The second-order valence-corrected chi connectivity index (χ2v) is 8.25. The van der Waals surface area contributed by atoms with Gasteiger partial charge < -0.3 is 4.74 Å². The average Bonchev–Trinajstić information content (AvgIpc) is 2.63. The van der Waals surface area contributed by atoms with Crippen LogP contribution >= 0.6 is 0 Å². The van der Waals surface area contributed by atoms with Crippen molar-refractivity contribution in [2.24, 2.45) is 0 Å². The van der Waals surface area contributed by atoms with E-state index in [-0.39, 0.29) is 11.9 Å². The fraction of sp³-hybridized carbons (Fsp3) is 0.800. The molecule has 1 unspecified atom stereocenters. The molecule has 0 aromatic rings. The molecule has 2 heteroatoms. The average molecular weight is 377 g/mol. The first-order valence-corrected chi connectivity index (χ1v) is 11.8. The standard InChI is InChI=1S/C25H44O2/c1-3-4-5-6-7-8-9-10-11-12-13-14-15-16-17-18-19-20-25-22-24(26)21-23(2)27-25/h19-21,25H,3-18,22H2,1-2H3/b20-19+. The van der Waals surface area contributed by atoms with Gasteiger partial charge in [-0.3, -0.25) is 4.79 Å². The van der Waals surface area contributed by atoms with E-state index in [2.05, 4.69) is 19.1 Å². The summed E-state index contributed by atoms with van der Waals surface area (Å²) in [5.74, 6) is 0.924. The molecule has 2 nitrogen and oxygen atoms in total. The van der Waals surface area contributed by atoms with E-state index in [1.165, 1.54) is 96.3 Å². The Hall–Kier alpha value is -1.05. The lowest BCUT2D eigenvalue weighted by Crippen LogP contribution is -2.18. The normalized spacial score (nSPS) is 17.3. The van der Waals surface area contributed by atoms with Crippen LogP contribution in [0, 0.1) is 0 Å². The van der Waals surface area contributed by atoms with Crippen molar-refractivity contribution in [1.29, 1.82) is 0 Å². The van der Waals surface area contributed by atoms with Crippen molar-refractivity contribution in [3.63, 3.8) is 0 Å². The SMILES string of the molecule is CCCCCCCCCCCCCCCCC/C=C/C1CC(=O)C=C(C)O1. The fourth-order valence-electron chi connectivity index (χ4n) is 3.79. The van der Waals surface area contributed by atoms with Gasteiger partial charge in [0.15, 0.2) is 5.78 Å².